The fraction of sp³-hybridized carbons (Fsp3) is 0.524. The van der Waals surface area contributed by atoms with Gasteiger partial charge in [0.1, 0.15) is 0 Å². The fourth-order valence-electron chi connectivity index (χ4n) is 2.54. The van der Waals surface area contributed by atoms with Gasteiger partial charge in [-0.1, -0.05) is 43.3 Å². The number of hydrogen-bond acceptors (Lipinski definition) is 5. The maximum absolute atomic E-state index is 5.63. The van der Waals surface area contributed by atoms with E-state index in [1.54, 1.807) is 7.05 Å². The largest absolute Gasteiger partial charge is 0.379 e. The number of nitrogens with one attached hydrogen (secondary N) is 2. The van der Waals surface area contributed by atoms with Crippen LogP contribution in [0.4, 0.5) is 0 Å². The monoisotopic (exact) mass is 388 g/mol. The Kier molecular flexibility index (Phi) is 9.51. The lowest BCUT2D eigenvalue weighted by molar-refractivity contribution is 0.0453. The van der Waals surface area contributed by atoms with Crippen molar-refractivity contribution in [3.63, 3.8) is 0 Å². The number of ether oxygens (including phenoxy) is 2. The van der Waals surface area contributed by atoms with Crippen LogP contribution in [0.1, 0.15) is 49.3 Å². The molecule has 2 N–H and O–H groups in total. The summed E-state index contributed by atoms with van der Waals surface area (Å²) < 4.78 is 16.2. The number of rotatable bonds is 11. The van der Waals surface area contributed by atoms with E-state index in [1.165, 1.54) is 0 Å². The Morgan fingerprint density at radius 3 is 2.57 bits per heavy atom. The molecule has 0 aliphatic heterocycles. The average Bonchev–Trinajstić information content (AvgIpc) is 3.18. The van der Waals surface area contributed by atoms with Crippen molar-refractivity contribution in [2.24, 2.45) is 4.99 Å². The van der Waals surface area contributed by atoms with Crippen molar-refractivity contribution in [3.05, 3.63) is 52.9 Å². The van der Waals surface area contributed by atoms with E-state index < -0.39 is 0 Å². The highest BCUT2D eigenvalue weighted by Crippen LogP contribution is 2.13. The topological polar surface area (TPSA) is 80.9 Å². The molecule has 0 fully saturated rings. The minimum absolute atomic E-state index is 0.352. The predicted octanol–water partition coefficient (Wildman–Crippen LogP) is 3.22. The Bertz CT molecular complexity index is 728. The summed E-state index contributed by atoms with van der Waals surface area (Å²) in [5.41, 5.74) is 3.26. The summed E-state index contributed by atoms with van der Waals surface area (Å²) in [5, 5.41) is 10.6. The predicted molar refractivity (Wildman–Crippen MR) is 110 cm³/mol. The molecule has 28 heavy (non-hydrogen) atoms. The van der Waals surface area contributed by atoms with Gasteiger partial charge >= 0.3 is 0 Å². The van der Waals surface area contributed by atoms with Gasteiger partial charge in [0.25, 0.3) is 0 Å². The van der Waals surface area contributed by atoms with Crippen LogP contribution in [0.3, 0.4) is 0 Å². The highest BCUT2D eigenvalue weighted by atomic mass is 16.5. The molecule has 1 aromatic heterocycles. The highest BCUT2D eigenvalue weighted by molar-refractivity contribution is 5.79. The Hall–Kier alpha value is -2.38. The molecule has 0 bridgehead atoms. The summed E-state index contributed by atoms with van der Waals surface area (Å²) in [6.07, 6.45) is 0. The first-order valence-corrected chi connectivity index (χ1v) is 9.75. The van der Waals surface area contributed by atoms with Crippen LogP contribution in [0.5, 0.6) is 0 Å². The molecule has 154 valence electrons. The van der Waals surface area contributed by atoms with Gasteiger partial charge in [0, 0.05) is 26.3 Å². The lowest BCUT2D eigenvalue weighted by Crippen LogP contribution is -2.36. The number of hydrogen-bond donors (Lipinski definition) is 2. The zero-order valence-corrected chi connectivity index (χ0v) is 17.3. The quantitative estimate of drug-likeness (QED) is 0.349. The van der Waals surface area contributed by atoms with E-state index in [4.69, 9.17) is 14.0 Å². The number of guanidine groups is 1. The highest BCUT2D eigenvalue weighted by Gasteiger charge is 2.08. The molecule has 0 saturated heterocycles. The SMILES string of the molecule is CCOCCOCc1cccc(CNC(=NC)NCc2cc(C(C)C)no2)c1. The number of nitrogens with zero attached hydrogens (tertiary/aromatic N) is 2. The van der Waals surface area contributed by atoms with E-state index in [0.29, 0.717) is 44.8 Å². The van der Waals surface area contributed by atoms with Crippen LogP contribution in [0, 0.1) is 0 Å². The second kappa shape index (κ2) is 12.2. The van der Waals surface area contributed by atoms with E-state index in [1.807, 2.05) is 19.1 Å². The zero-order chi connectivity index (χ0) is 20.2. The molecule has 7 heteroatoms. The van der Waals surface area contributed by atoms with Crippen molar-refractivity contribution in [1.29, 1.82) is 0 Å². The molecule has 0 unspecified atom stereocenters. The van der Waals surface area contributed by atoms with Crippen LogP contribution in [0.25, 0.3) is 0 Å². The summed E-state index contributed by atoms with van der Waals surface area (Å²) in [4.78, 5) is 4.25. The van der Waals surface area contributed by atoms with Crippen LogP contribution in [-0.2, 0) is 29.2 Å². The summed E-state index contributed by atoms with van der Waals surface area (Å²) in [7, 11) is 1.75. The van der Waals surface area contributed by atoms with Crippen molar-refractivity contribution in [1.82, 2.24) is 15.8 Å². The van der Waals surface area contributed by atoms with Crippen molar-refractivity contribution in [2.75, 3.05) is 26.9 Å². The molecule has 1 heterocycles. The van der Waals surface area contributed by atoms with Crippen LogP contribution in [-0.4, -0.2) is 38.0 Å². The lowest BCUT2D eigenvalue weighted by Gasteiger charge is -2.12. The first-order valence-electron chi connectivity index (χ1n) is 9.75. The van der Waals surface area contributed by atoms with E-state index in [9.17, 15) is 0 Å². The van der Waals surface area contributed by atoms with Gasteiger partial charge in [0.05, 0.1) is 32.1 Å². The molecule has 0 amide bonds. The normalized spacial score (nSPS) is 11.8. The number of benzene rings is 1. The fourth-order valence-corrected chi connectivity index (χ4v) is 2.54. The Labute approximate surface area is 167 Å². The molecule has 1 aromatic carbocycles. The molecule has 0 aliphatic rings. The minimum Gasteiger partial charge on any atom is -0.379 e. The smallest absolute Gasteiger partial charge is 0.191 e. The third-order valence-electron chi connectivity index (χ3n) is 4.12. The van der Waals surface area contributed by atoms with Crippen LogP contribution >= 0.6 is 0 Å². The minimum atomic E-state index is 0.352. The molecule has 0 radical (unpaired) electrons. The molecule has 0 saturated carbocycles. The molecule has 0 aliphatic carbocycles. The molecular weight excluding hydrogens is 356 g/mol. The third kappa shape index (κ3) is 7.70. The van der Waals surface area contributed by atoms with E-state index in [0.717, 1.165) is 29.2 Å². The molecule has 0 atom stereocenters. The Morgan fingerprint density at radius 2 is 1.86 bits per heavy atom. The van der Waals surface area contributed by atoms with Crippen LogP contribution in [0.2, 0.25) is 0 Å². The molecule has 2 aromatic rings. The van der Waals surface area contributed by atoms with Gasteiger partial charge in [-0.05, 0) is 24.0 Å². The van der Waals surface area contributed by atoms with Crippen LogP contribution < -0.4 is 10.6 Å². The molecule has 2 rings (SSSR count). The second-order valence-corrected chi connectivity index (χ2v) is 6.72. The zero-order valence-electron chi connectivity index (χ0n) is 17.3. The summed E-state index contributed by atoms with van der Waals surface area (Å²) >= 11 is 0. The Morgan fingerprint density at radius 1 is 1.11 bits per heavy atom. The maximum atomic E-state index is 5.63. The standard InChI is InChI=1S/C21H32N4O3/c1-5-26-9-10-27-15-18-8-6-7-17(11-18)13-23-21(22-4)24-14-19-12-20(16(2)3)25-28-19/h6-8,11-12,16H,5,9-10,13-15H2,1-4H3,(H2,22,23,24). The van der Waals surface area contributed by atoms with Crippen molar-refractivity contribution >= 4 is 5.96 Å². The third-order valence-corrected chi connectivity index (χ3v) is 4.12. The van der Waals surface area contributed by atoms with Crippen molar-refractivity contribution in [2.45, 2.75) is 46.4 Å². The molecular formula is C21H32N4O3. The lowest BCUT2D eigenvalue weighted by atomic mass is 10.1. The van der Waals surface area contributed by atoms with E-state index in [2.05, 4.69) is 52.8 Å². The van der Waals surface area contributed by atoms with Crippen LogP contribution in [0.15, 0.2) is 39.8 Å². The molecule has 7 nitrogen and oxygen atoms in total. The molecule has 0 spiro atoms. The van der Waals surface area contributed by atoms with Gasteiger partial charge in [-0.3, -0.25) is 4.99 Å². The summed E-state index contributed by atoms with van der Waals surface area (Å²) in [5.74, 6) is 1.85. The van der Waals surface area contributed by atoms with Gasteiger partial charge in [-0.15, -0.1) is 0 Å². The first kappa shape index (κ1) is 21.9. The average molecular weight is 389 g/mol. The van der Waals surface area contributed by atoms with Gasteiger partial charge in [-0.2, -0.15) is 0 Å². The van der Waals surface area contributed by atoms with Gasteiger partial charge in [0.15, 0.2) is 11.7 Å². The van der Waals surface area contributed by atoms with E-state index >= 15 is 0 Å². The number of aromatic nitrogens is 1. The summed E-state index contributed by atoms with van der Waals surface area (Å²) in [6, 6.07) is 10.3. The Balaban J connectivity index is 1.76. The van der Waals surface area contributed by atoms with Gasteiger partial charge in [-0.25, -0.2) is 0 Å². The van der Waals surface area contributed by atoms with Crippen molar-refractivity contribution in [3.8, 4) is 0 Å². The number of aliphatic imine (C=N–C) groups is 1. The first-order chi connectivity index (χ1) is 13.6. The summed E-state index contributed by atoms with van der Waals surface area (Å²) in [6.45, 7) is 9.89. The van der Waals surface area contributed by atoms with Crippen molar-refractivity contribution < 1.29 is 14.0 Å². The van der Waals surface area contributed by atoms with Gasteiger partial charge < -0.3 is 24.6 Å². The maximum Gasteiger partial charge on any atom is 0.191 e. The second-order valence-electron chi connectivity index (χ2n) is 6.72. The van der Waals surface area contributed by atoms with Gasteiger partial charge in [0.2, 0.25) is 0 Å². The van der Waals surface area contributed by atoms with E-state index in [-0.39, 0.29) is 0 Å².